The van der Waals surface area contributed by atoms with Crippen LogP contribution in [0.15, 0.2) is 46.9 Å². The number of amides is 3. The number of likely N-dealkylation sites (tertiary alicyclic amines) is 1. The molecular formula is C23H26BrN3O2S. The maximum atomic E-state index is 13.2. The molecule has 0 aliphatic carbocycles. The predicted octanol–water partition coefficient (Wildman–Crippen LogP) is 5.28. The van der Waals surface area contributed by atoms with Crippen molar-refractivity contribution in [2.75, 3.05) is 30.7 Å². The van der Waals surface area contributed by atoms with E-state index in [0.717, 1.165) is 40.9 Å². The van der Waals surface area contributed by atoms with Crippen molar-refractivity contribution in [1.29, 1.82) is 0 Å². The van der Waals surface area contributed by atoms with Gasteiger partial charge in [0.15, 0.2) is 0 Å². The Bertz CT molecular complexity index is 973. The molecule has 1 N–H and O–H groups in total. The second-order valence-electron chi connectivity index (χ2n) is 8.00. The number of hydrogen-bond acceptors (Lipinski definition) is 3. The molecule has 1 spiro atoms. The van der Waals surface area contributed by atoms with E-state index < -0.39 is 0 Å². The number of carbonyl (C=O) groups excluding carboxylic acids is 2. The van der Waals surface area contributed by atoms with Crippen LogP contribution in [-0.2, 0) is 0 Å². The average Bonchev–Trinajstić information content (AvgIpc) is 3.13. The van der Waals surface area contributed by atoms with E-state index in [4.69, 9.17) is 0 Å². The zero-order chi connectivity index (χ0) is 21.3. The van der Waals surface area contributed by atoms with Crippen LogP contribution in [0.4, 0.5) is 10.5 Å². The lowest BCUT2D eigenvalue weighted by molar-refractivity contribution is 0.0585. The third-order valence-corrected chi connectivity index (χ3v) is 8.00. The number of thioether (sulfide) groups is 1. The van der Waals surface area contributed by atoms with Crippen LogP contribution in [0.2, 0.25) is 0 Å². The van der Waals surface area contributed by atoms with Gasteiger partial charge in [-0.1, -0.05) is 39.7 Å². The zero-order valence-corrected chi connectivity index (χ0v) is 19.7. The van der Waals surface area contributed by atoms with E-state index in [9.17, 15) is 9.59 Å². The van der Waals surface area contributed by atoms with Gasteiger partial charge in [-0.3, -0.25) is 4.79 Å². The molecule has 2 fully saturated rings. The van der Waals surface area contributed by atoms with Crippen LogP contribution >= 0.6 is 27.7 Å². The second-order valence-corrected chi connectivity index (χ2v) is 10.4. The van der Waals surface area contributed by atoms with Crippen LogP contribution in [0.25, 0.3) is 0 Å². The minimum Gasteiger partial charge on any atom is -0.324 e. The number of nitrogens with zero attached hydrogens (tertiary/aromatic N) is 2. The van der Waals surface area contributed by atoms with Gasteiger partial charge in [0.05, 0.1) is 4.87 Å². The summed E-state index contributed by atoms with van der Waals surface area (Å²) in [6.07, 6.45) is 1.58. The molecular weight excluding hydrogens is 462 g/mol. The van der Waals surface area contributed by atoms with Crippen LogP contribution in [0, 0.1) is 13.8 Å². The van der Waals surface area contributed by atoms with E-state index in [2.05, 4.69) is 27.3 Å². The largest absolute Gasteiger partial charge is 0.324 e. The summed E-state index contributed by atoms with van der Waals surface area (Å²) < 4.78 is 0.909. The Balaban J connectivity index is 1.42. The monoisotopic (exact) mass is 487 g/mol. The normalized spacial score (nSPS) is 18.0. The van der Waals surface area contributed by atoms with Crippen molar-refractivity contribution in [3.05, 3.63) is 63.6 Å². The molecule has 2 heterocycles. The van der Waals surface area contributed by atoms with Gasteiger partial charge in [-0.15, -0.1) is 11.8 Å². The molecule has 2 aliphatic rings. The van der Waals surface area contributed by atoms with Crippen LogP contribution in [0.5, 0.6) is 0 Å². The van der Waals surface area contributed by atoms with Crippen molar-refractivity contribution in [3.8, 4) is 0 Å². The predicted molar refractivity (Wildman–Crippen MR) is 126 cm³/mol. The van der Waals surface area contributed by atoms with E-state index in [-0.39, 0.29) is 16.8 Å². The molecule has 0 atom stereocenters. The quantitative estimate of drug-likeness (QED) is 0.626. The number of aryl methyl sites for hydroxylation is 2. The first-order chi connectivity index (χ1) is 14.4. The number of anilines is 1. The lowest BCUT2D eigenvalue weighted by Gasteiger charge is -2.44. The lowest BCUT2D eigenvalue weighted by Crippen LogP contribution is -2.54. The van der Waals surface area contributed by atoms with Crippen molar-refractivity contribution < 1.29 is 9.59 Å². The fraction of sp³-hybridized carbons (Fsp3) is 0.391. The van der Waals surface area contributed by atoms with Crippen molar-refractivity contribution in [2.45, 2.75) is 31.6 Å². The van der Waals surface area contributed by atoms with Gasteiger partial charge in [0.25, 0.3) is 5.91 Å². The van der Waals surface area contributed by atoms with Gasteiger partial charge in [0.2, 0.25) is 0 Å². The Morgan fingerprint density at radius 1 is 1.07 bits per heavy atom. The van der Waals surface area contributed by atoms with E-state index in [1.165, 1.54) is 5.56 Å². The first-order valence-electron chi connectivity index (χ1n) is 10.2. The Kier molecular flexibility index (Phi) is 6.11. The minimum atomic E-state index is -0.212. The Morgan fingerprint density at radius 3 is 2.53 bits per heavy atom. The summed E-state index contributed by atoms with van der Waals surface area (Å²) >= 11 is 5.32. The number of urea groups is 1. The molecule has 0 bridgehead atoms. The molecule has 7 heteroatoms. The van der Waals surface area contributed by atoms with Gasteiger partial charge >= 0.3 is 6.03 Å². The molecule has 2 aliphatic heterocycles. The summed E-state index contributed by atoms with van der Waals surface area (Å²) in [4.78, 5) is 29.7. The second kappa shape index (κ2) is 8.63. The van der Waals surface area contributed by atoms with Crippen molar-refractivity contribution in [1.82, 2.24) is 9.80 Å². The number of carbonyl (C=O) groups is 2. The molecule has 0 aromatic heterocycles. The van der Waals surface area contributed by atoms with Crippen LogP contribution in [0.1, 0.15) is 34.3 Å². The molecule has 158 valence electrons. The van der Waals surface area contributed by atoms with E-state index in [1.807, 2.05) is 71.8 Å². The standard InChI is InChI=1S/C23H26BrN3O2S/c1-16-6-7-20(17(2)14-16)25-22(29)26-10-8-23(9-11-26)27(12-13-30-23)21(28)18-4-3-5-19(24)15-18/h3-7,14-15H,8-13H2,1-2H3,(H,25,29). The van der Waals surface area contributed by atoms with Crippen LogP contribution in [-0.4, -0.2) is 52.0 Å². The van der Waals surface area contributed by atoms with Crippen molar-refractivity contribution in [2.24, 2.45) is 0 Å². The fourth-order valence-corrected chi connectivity index (χ4v) is 6.15. The summed E-state index contributed by atoms with van der Waals surface area (Å²) in [5.41, 5.74) is 3.81. The molecule has 0 unspecified atom stereocenters. The highest BCUT2D eigenvalue weighted by Crippen LogP contribution is 2.44. The number of nitrogens with one attached hydrogen (secondary N) is 1. The third kappa shape index (κ3) is 4.23. The molecule has 0 radical (unpaired) electrons. The van der Waals surface area contributed by atoms with Crippen LogP contribution in [0.3, 0.4) is 0 Å². The van der Waals surface area contributed by atoms with E-state index in [1.54, 1.807) is 0 Å². The lowest BCUT2D eigenvalue weighted by atomic mass is 10.0. The van der Waals surface area contributed by atoms with E-state index >= 15 is 0 Å². The summed E-state index contributed by atoms with van der Waals surface area (Å²) in [5.74, 6) is 1.02. The van der Waals surface area contributed by atoms with Gasteiger partial charge in [0, 0.05) is 41.1 Å². The van der Waals surface area contributed by atoms with E-state index in [0.29, 0.717) is 18.7 Å². The van der Waals surface area contributed by atoms with Gasteiger partial charge in [-0.2, -0.15) is 0 Å². The summed E-state index contributed by atoms with van der Waals surface area (Å²) in [6, 6.07) is 13.5. The maximum absolute atomic E-state index is 13.2. The Morgan fingerprint density at radius 2 is 1.83 bits per heavy atom. The highest BCUT2D eigenvalue weighted by Gasteiger charge is 2.47. The van der Waals surface area contributed by atoms with Gasteiger partial charge in [-0.05, 0) is 56.5 Å². The molecule has 2 saturated heterocycles. The smallest absolute Gasteiger partial charge is 0.321 e. The fourth-order valence-electron chi connectivity index (χ4n) is 4.29. The topological polar surface area (TPSA) is 52.7 Å². The Labute approximate surface area is 190 Å². The summed E-state index contributed by atoms with van der Waals surface area (Å²) in [5, 5.41) is 3.05. The van der Waals surface area contributed by atoms with Gasteiger partial charge in [0.1, 0.15) is 0 Å². The molecule has 30 heavy (non-hydrogen) atoms. The molecule has 4 rings (SSSR count). The SMILES string of the molecule is Cc1ccc(NC(=O)N2CCC3(CC2)SCCN3C(=O)c2cccc(Br)c2)c(C)c1. The highest BCUT2D eigenvalue weighted by molar-refractivity contribution is 9.10. The number of benzene rings is 2. The molecule has 5 nitrogen and oxygen atoms in total. The average molecular weight is 488 g/mol. The zero-order valence-electron chi connectivity index (χ0n) is 17.3. The third-order valence-electron chi connectivity index (χ3n) is 5.95. The summed E-state index contributed by atoms with van der Waals surface area (Å²) in [6.45, 7) is 6.10. The Hall–Kier alpha value is -1.99. The van der Waals surface area contributed by atoms with Crippen molar-refractivity contribution in [3.63, 3.8) is 0 Å². The van der Waals surface area contributed by atoms with Crippen LogP contribution < -0.4 is 5.32 Å². The number of hydrogen-bond donors (Lipinski definition) is 1. The summed E-state index contributed by atoms with van der Waals surface area (Å²) in [7, 11) is 0. The number of piperidine rings is 1. The molecule has 3 amide bonds. The number of rotatable bonds is 2. The molecule has 0 saturated carbocycles. The number of halogens is 1. The van der Waals surface area contributed by atoms with Gasteiger partial charge < -0.3 is 15.1 Å². The highest BCUT2D eigenvalue weighted by atomic mass is 79.9. The first-order valence-corrected chi connectivity index (χ1v) is 12.0. The minimum absolute atomic E-state index is 0.0651. The first kappa shape index (κ1) is 21.2. The van der Waals surface area contributed by atoms with Crippen molar-refractivity contribution >= 4 is 45.3 Å². The molecule has 2 aromatic carbocycles. The van der Waals surface area contributed by atoms with Gasteiger partial charge in [-0.25, -0.2) is 4.79 Å². The maximum Gasteiger partial charge on any atom is 0.321 e. The molecule has 2 aromatic rings.